The van der Waals surface area contributed by atoms with E-state index >= 15 is 0 Å². The molecule has 2 aromatic rings. The summed E-state index contributed by atoms with van der Waals surface area (Å²) in [4.78, 5) is 4.18. The number of ether oxygens (including phenoxy) is 1. The second-order valence-electron chi connectivity index (χ2n) is 4.16. The lowest BCUT2D eigenvalue weighted by molar-refractivity contribution is 0.305. The van der Waals surface area contributed by atoms with E-state index in [9.17, 15) is 8.42 Å². The monoisotopic (exact) mass is 288 g/mol. The highest BCUT2D eigenvalue weighted by Crippen LogP contribution is 2.17. The molecule has 0 aliphatic carbocycles. The molecule has 1 aromatic heterocycles. The number of sulfone groups is 1. The molecule has 20 heavy (non-hydrogen) atoms. The van der Waals surface area contributed by atoms with E-state index in [0.29, 0.717) is 17.0 Å². The second-order valence-corrected chi connectivity index (χ2v) is 6.17. The highest BCUT2D eigenvalue weighted by Gasteiger charge is 2.07. The highest BCUT2D eigenvalue weighted by molar-refractivity contribution is 7.90. The molecular formula is C14H12N2O3S. The van der Waals surface area contributed by atoms with Crippen molar-refractivity contribution < 1.29 is 13.2 Å². The van der Waals surface area contributed by atoms with Crippen molar-refractivity contribution in [2.24, 2.45) is 0 Å². The molecule has 0 spiro atoms. The van der Waals surface area contributed by atoms with Gasteiger partial charge in [-0.1, -0.05) is 6.07 Å². The van der Waals surface area contributed by atoms with Crippen molar-refractivity contribution in [3.05, 3.63) is 53.9 Å². The number of benzene rings is 1. The fourth-order valence-corrected chi connectivity index (χ4v) is 2.23. The van der Waals surface area contributed by atoms with Gasteiger partial charge in [0.1, 0.15) is 24.1 Å². The van der Waals surface area contributed by atoms with Crippen LogP contribution in [0.2, 0.25) is 0 Å². The van der Waals surface area contributed by atoms with Gasteiger partial charge >= 0.3 is 0 Å². The van der Waals surface area contributed by atoms with E-state index in [1.54, 1.807) is 30.5 Å². The predicted octanol–water partition coefficient (Wildman–Crippen LogP) is 1.94. The van der Waals surface area contributed by atoms with Crippen molar-refractivity contribution in [3.63, 3.8) is 0 Å². The van der Waals surface area contributed by atoms with Crippen LogP contribution in [-0.4, -0.2) is 19.7 Å². The molecule has 6 heteroatoms. The van der Waals surface area contributed by atoms with Crippen LogP contribution < -0.4 is 4.74 Å². The number of nitrogens with zero attached hydrogens (tertiary/aromatic N) is 2. The minimum atomic E-state index is -3.21. The van der Waals surface area contributed by atoms with E-state index in [2.05, 4.69) is 4.98 Å². The first-order valence-corrected chi connectivity index (χ1v) is 7.67. The Bertz CT molecular complexity index is 747. The Balaban J connectivity index is 2.10. The summed E-state index contributed by atoms with van der Waals surface area (Å²) < 4.78 is 28.2. The summed E-state index contributed by atoms with van der Waals surface area (Å²) in [5.41, 5.74) is 1.00. The molecule has 0 unspecified atom stereocenters. The van der Waals surface area contributed by atoms with Gasteiger partial charge in [-0.2, -0.15) is 5.26 Å². The Morgan fingerprint density at radius 1 is 1.25 bits per heavy atom. The van der Waals surface area contributed by atoms with Gasteiger partial charge in [-0.05, 0) is 30.3 Å². The lowest BCUT2D eigenvalue weighted by Crippen LogP contribution is -2.00. The smallest absolute Gasteiger partial charge is 0.175 e. The Hall–Kier alpha value is -2.39. The van der Waals surface area contributed by atoms with Crippen molar-refractivity contribution in [2.75, 3.05) is 6.26 Å². The van der Waals surface area contributed by atoms with Crippen LogP contribution >= 0.6 is 0 Å². The Labute approximate surface area is 117 Å². The molecule has 1 heterocycles. The van der Waals surface area contributed by atoms with Gasteiger partial charge in [-0.15, -0.1) is 0 Å². The van der Waals surface area contributed by atoms with Crippen LogP contribution in [0.3, 0.4) is 0 Å². The van der Waals surface area contributed by atoms with Crippen molar-refractivity contribution in [3.8, 4) is 11.8 Å². The third-order valence-electron chi connectivity index (χ3n) is 2.64. The standard InChI is InChI=1S/C14H12N2O3S/c1-20(17,18)13-6-4-12(5-7-13)19-10-11-3-2-8-16-14(11)9-15/h2-8H,10H2,1H3. The molecule has 5 nitrogen and oxygen atoms in total. The summed E-state index contributed by atoms with van der Waals surface area (Å²) in [6, 6.07) is 11.6. The fourth-order valence-electron chi connectivity index (χ4n) is 1.60. The normalized spacial score (nSPS) is 10.8. The summed E-state index contributed by atoms with van der Waals surface area (Å²) in [6.07, 6.45) is 2.70. The van der Waals surface area contributed by atoms with E-state index in [1.807, 2.05) is 6.07 Å². The van der Waals surface area contributed by atoms with Crippen LogP contribution in [0.4, 0.5) is 0 Å². The molecule has 0 aliphatic rings. The Kier molecular flexibility index (Phi) is 4.01. The van der Waals surface area contributed by atoms with Gasteiger partial charge in [-0.3, -0.25) is 0 Å². The number of hydrogen-bond donors (Lipinski definition) is 0. The van der Waals surface area contributed by atoms with Gasteiger partial charge in [0, 0.05) is 18.0 Å². The second kappa shape index (κ2) is 5.72. The van der Waals surface area contributed by atoms with Crippen LogP contribution in [0.1, 0.15) is 11.3 Å². The molecule has 0 saturated heterocycles. The fraction of sp³-hybridized carbons (Fsp3) is 0.143. The van der Waals surface area contributed by atoms with Crippen LogP contribution in [-0.2, 0) is 16.4 Å². The molecule has 0 aliphatic heterocycles. The Morgan fingerprint density at radius 3 is 2.55 bits per heavy atom. The molecule has 102 valence electrons. The van der Waals surface area contributed by atoms with Gasteiger partial charge in [0.15, 0.2) is 9.84 Å². The molecule has 2 rings (SSSR count). The number of hydrogen-bond acceptors (Lipinski definition) is 5. The van der Waals surface area contributed by atoms with E-state index < -0.39 is 9.84 Å². The molecule has 0 radical (unpaired) electrons. The van der Waals surface area contributed by atoms with Crippen LogP contribution in [0.15, 0.2) is 47.5 Å². The lowest BCUT2D eigenvalue weighted by Gasteiger charge is -2.07. The average Bonchev–Trinajstić information content (AvgIpc) is 2.45. The van der Waals surface area contributed by atoms with Crippen molar-refractivity contribution in [1.29, 1.82) is 5.26 Å². The molecule has 0 amide bonds. The summed E-state index contributed by atoms with van der Waals surface area (Å²) in [6.45, 7) is 0.203. The predicted molar refractivity (Wildman–Crippen MR) is 72.8 cm³/mol. The first-order valence-electron chi connectivity index (χ1n) is 5.77. The minimum Gasteiger partial charge on any atom is -0.489 e. The zero-order chi connectivity index (χ0) is 14.6. The van der Waals surface area contributed by atoms with Crippen molar-refractivity contribution >= 4 is 9.84 Å². The minimum absolute atomic E-state index is 0.203. The zero-order valence-electron chi connectivity index (χ0n) is 10.8. The van der Waals surface area contributed by atoms with Gasteiger partial charge in [0.05, 0.1) is 4.90 Å². The zero-order valence-corrected chi connectivity index (χ0v) is 11.6. The van der Waals surface area contributed by atoms with Crippen LogP contribution in [0.25, 0.3) is 0 Å². The molecule has 0 atom stereocenters. The average molecular weight is 288 g/mol. The number of rotatable bonds is 4. The molecule has 0 saturated carbocycles. The molecule has 1 aromatic carbocycles. The highest BCUT2D eigenvalue weighted by atomic mass is 32.2. The van der Waals surface area contributed by atoms with E-state index in [1.165, 1.54) is 12.1 Å². The lowest BCUT2D eigenvalue weighted by atomic mass is 10.2. The molecule has 0 fully saturated rings. The maximum atomic E-state index is 11.3. The van der Waals surface area contributed by atoms with Crippen LogP contribution in [0.5, 0.6) is 5.75 Å². The van der Waals surface area contributed by atoms with Crippen molar-refractivity contribution in [1.82, 2.24) is 4.98 Å². The number of aromatic nitrogens is 1. The van der Waals surface area contributed by atoms with Crippen LogP contribution in [0, 0.1) is 11.3 Å². The molecule has 0 bridgehead atoms. The van der Waals surface area contributed by atoms with Gasteiger partial charge in [0.2, 0.25) is 0 Å². The molecular weight excluding hydrogens is 276 g/mol. The van der Waals surface area contributed by atoms with Gasteiger partial charge in [0.25, 0.3) is 0 Å². The largest absolute Gasteiger partial charge is 0.489 e. The maximum absolute atomic E-state index is 11.3. The third kappa shape index (κ3) is 3.33. The summed E-state index contributed by atoms with van der Waals surface area (Å²) in [7, 11) is -3.21. The Morgan fingerprint density at radius 2 is 1.95 bits per heavy atom. The molecule has 0 N–H and O–H groups in total. The number of pyridine rings is 1. The van der Waals surface area contributed by atoms with E-state index in [-0.39, 0.29) is 11.5 Å². The van der Waals surface area contributed by atoms with Crippen molar-refractivity contribution in [2.45, 2.75) is 11.5 Å². The van der Waals surface area contributed by atoms with E-state index in [4.69, 9.17) is 10.00 Å². The first kappa shape index (κ1) is 14.0. The summed E-state index contributed by atoms with van der Waals surface area (Å²) >= 11 is 0. The topological polar surface area (TPSA) is 80.1 Å². The summed E-state index contributed by atoms with van der Waals surface area (Å²) in [5.74, 6) is 0.533. The third-order valence-corrected chi connectivity index (χ3v) is 3.77. The number of nitriles is 1. The van der Waals surface area contributed by atoms with Gasteiger partial charge < -0.3 is 4.74 Å². The van der Waals surface area contributed by atoms with Gasteiger partial charge in [-0.25, -0.2) is 13.4 Å². The first-order chi connectivity index (χ1) is 9.50. The quantitative estimate of drug-likeness (QED) is 0.858. The van der Waals surface area contributed by atoms with E-state index in [0.717, 1.165) is 6.26 Å². The maximum Gasteiger partial charge on any atom is 0.175 e. The SMILES string of the molecule is CS(=O)(=O)c1ccc(OCc2cccnc2C#N)cc1. The summed E-state index contributed by atoms with van der Waals surface area (Å²) in [5, 5.41) is 8.91.